The molecule has 22 heavy (non-hydrogen) atoms. The number of fused-ring (bicyclic) bond motifs is 1. The van der Waals surface area contributed by atoms with Crippen LogP contribution in [0.3, 0.4) is 0 Å². The molecule has 3 N–H and O–H groups in total. The summed E-state index contributed by atoms with van der Waals surface area (Å²) in [5.41, 5.74) is 8.48. The summed E-state index contributed by atoms with van der Waals surface area (Å²) < 4.78 is 0. The lowest BCUT2D eigenvalue weighted by atomic mass is 9.91. The van der Waals surface area contributed by atoms with E-state index in [1.54, 1.807) is 6.20 Å². The van der Waals surface area contributed by atoms with Crippen LogP contribution < -0.4 is 5.73 Å². The Morgan fingerprint density at radius 1 is 1.50 bits per heavy atom. The molecule has 120 valence electrons. The summed E-state index contributed by atoms with van der Waals surface area (Å²) in [6.07, 6.45) is 3.79. The molecule has 1 fully saturated rings. The maximum atomic E-state index is 13.0. The molecule has 0 spiro atoms. The van der Waals surface area contributed by atoms with E-state index in [0.717, 1.165) is 35.9 Å². The van der Waals surface area contributed by atoms with E-state index in [4.69, 9.17) is 5.73 Å². The molecule has 1 saturated heterocycles. The lowest BCUT2D eigenvalue weighted by Gasteiger charge is -2.38. The van der Waals surface area contributed by atoms with E-state index >= 15 is 0 Å². The molecule has 5 nitrogen and oxygen atoms in total. The van der Waals surface area contributed by atoms with Gasteiger partial charge < -0.3 is 10.6 Å². The Morgan fingerprint density at radius 2 is 2.27 bits per heavy atom. The number of hydrogen-bond donors (Lipinski definition) is 2. The summed E-state index contributed by atoms with van der Waals surface area (Å²) in [6.45, 7) is 5.53. The van der Waals surface area contributed by atoms with Crippen molar-refractivity contribution in [1.82, 2.24) is 15.1 Å². The summed E-state index contributed by atoms with van der Waals surface area (Å²) in [6, 6.07) is 4.11. The Morgan fingerprint density at radius 3 is 3.00 bits per heavy atom. The van der Waals surface area contributed by atoms with Crippen molar-refractivity contribution in [3.63, 3.8) is 0 Å². The zero-order valence-electron chi connectivity index (χ0n) is 13.0. The van der Waals surface area contributed by atoms with Crippen LogP contribution in [-0.4, -0.2) is 40.1 Å². The number of likely N-dealkylation sites (tertiary alicyclic amines) is 1. The van der Waals surface area contributed by atoms with Gasteiger partial charge in [0, 0.05) is 24.5 Å². The highest BCUT2D eigenvalue weighted by atomic mass is 35.5. The Hall–Kier alpha value is -1.59. The van der Waals surface area contributed by atoms with Gasteiger partial charge in [-0.1, -0.05) is 6.92 Å². The van der Waals surface area contributed by atoms with Gasteiger partial charge in [0.05, 0.1) is 17.3 Å². The number of amides is 1. The molecule has 0 saturated carbocycles. The van der Waals surface area contributed by atoms with E-state index in [2.05, 4.69) is 17.1 Å². The number of rotatable bonds is 2. The van der Waals surface area contributed by atoms with Gasteiger partial charge in [0.2, 0.25) is 0 Å². The Labute approximate surface area is 136 Å². The van der Waals surface area contributed by atoms with E-state index in [-0.39, 0.29) is 24.4 Å². The molecule has 6 heteroatoms. The molecule has 0 bridgehead atoms. The first-order valence-corrected chi connectivity index (χ1v) is 7.55. The van der Waals surface area contributed by atoms with E-state index in [9.17, 15) is 4.79 Å². The third-order valence-corrected chi connectivity index (χ3v) is 4.43. The fraction of sp³-hybridized carbons (Fsp3) is 0.500. The molecule has 2 atom stereocenters. The third-order valence-electron chi connectivity index (χ3n) is 4.43. The first kappa shape index (κ1) is 16.8. The molecule has 0 aliphatic carbocycles. The van der Waals surface area contributed by atoms with Crippen LogP contribution in [0.5, 0.6) is 0 Å². The van der Waals surface area contributed by atoms with Gasteiger partial charge in [-0.25, -0.2) is 0 Å². The average molecular weight is 323 g/mol. The molecule has 3 rings (SSSR count). The number of H-pyrrole nitrogens is 1. The number of nitrogens with zero attached hydrogens (tertiary/aromatic N) is 2. The van der Waals surface area contributed by atoms with Gasteiger partial charge in [0.1, 0.15) is 0 Å². The van der Waals surface area contributed by atoms with Gasteiger partial charge in [-0.05, 0) is 43.4 Å². The maximum Gasteiger partial charge on any atom is 0.256 e. The summed E-state index contributed by atoms with van der Waals surface area (Å²) in [4.78, 5) is 14.9. The van der Waals surface area contributed by atoms with Gasteiger partial charge in [-0.2, -0.15) is 5.10 Å². The zero-order valence-corrected chi connectivity index (χ0v) is 13.8. The average Bonchev–Trinajstić information content (AvgIpc) is 2.93. The number of carbonyl (C=O) groups excluding carboxylic acids is 1. The van der Waals surface area contributed by atoms with E-state index in [0.29, 0.717) is 18.0 Å². The lowest BCUT2D eigenvalue weighted by Crippen LogP contribution is -2.49. The Bertz CT molecular complexity index is 669. The number of benzene rings is 1. The van der Waals surface area contributed by atoms with Gasteiger partial charge in [-0.15, -0.1) is 12.4 Å². The van der Waals surface area contributed by atoms with E-state index < -0.39 is 0 Å². The third kappa shape index (κ3) is 2.96. The van der Waals surface area contributed by atoms with Crippen LogP contribution in [0.15, 0.2) is 18.3 Å². The van der Waals surface area contributed by atoms with Crippen LogP contribution in [0, 0.1) is 12.8 Å². The zero-order chi connectivity index (χ0) is 15.0. The minimum Gasteiger partial charge on any atom is -0.334 e. The van der Waals surface area contributed by atoms with Crippen molar-refractivity contribution in [1.29, 1.82) is 0 Å². The molecule has 1 aromatic heterocycles. The van der Waals surface area contributed by atoms with Crippen LogP contribution in [0.1, 0.15) is 35.7 Å². The topological polar surface area (TPSA) is 75.0 Å². The summed E-state index contributed by atoms with van der Waals surface area (Å²) in [7, 11) is 0. The second-order valence-corrected chi connectivity index (χ2v) is 6.16. The minimum atomic E-state index is 0. The molecule has 2 aromatic rings. The first-order valence-electron chi connectivity index (χ1n) is 7.55. The van der Waals surface area contributed by atoms with Crippen molar-refractivity contribution in [3.05, 3.63) is 29.5 Å². The maximum absolute atomic E-state index is 13.0. The van der Waals surface area contributed by atoms with Crippen molar-refractivity contribution >= 4 is 29.2 Å². The Balaban J connectivity index is 0.00000176. The highest BCUT2D eigenvalue weighted by Gasteiger charge is 2.30. The predicted molar refractivity (Wildman–Crippen MR) is 90.4 cm³/mol. The monoisotopic (exact) mass is 322 g/mol. The largest absolute Gasteiger partial charge is 0.334 e. The summed E-state index contributed by atoms with van der Waals surface area (Å²) in [5.74, 6) is 0.697. The molecular formula is C16H23ClN4O. The smallest absolute Gasteiger partial charge is 0.256 e. The number of nitrogens with one attached hydrogen (secondary N) is 1. The fourth-order valence-corrected chi connectivity index (χ4v) is 3.27. The van der Waals surface area contributed by atoms with E-state index in [1.165, 1.54) is 0 Å². The molecule has 1 aliphatic heterocycles. The number of hydrogen-bond acceptors (Lipinski definition) is 3. The second-order valence-electron chi connectivity index (χ2n) is 6.16. The SMILES string of the molecule is Cc1cc(C(=O)N2CCC(C)CC2CN)c2[nH]ncc2c1.Cl. The second kappa shape index (κ2) is 6.67. The molecule has 0 radical (unpaired) electrons. The van der Waals surface area contributed by atoms with E-state index in [1.807, 2.05) is 24.0 Å². The predicted octanol–water partition coefficient (Wildman–Crippen LogP) is 2.49. The van der Waals surface area contributed by atoms with Crippen LogP contribution in [-0.2, 0) is 0 Å². The number of aromatic amines is 1. The highest BCUT2D eigenvalue weighted by Crippen LogP contribution is 2.26. The highest BCUT2D eigenvalue weighted by molar-refractivity contribution is 6.05. The normalized spacial score (nSPS) is 21.7. The van der Waals surface area contributed by atoms with Gasteiger partial charge in [0.25, 0.3) is 5.91 Å². The minimum absolute atomic E-state index is 0. The molecule has 2 heterocycles. The van der Waals surface area contributed by atoms with Gasteiger partial charge in [0.15, 0.2) is 0 Å². The van der Waals surface area contributed by atoms with Crippen LogP contribution >= 0.6 is 12.4 Å². The number of aromatic nitrogens is 2. The van der Waals surface area contributed by atoms with Gasteiger partial charge in [-0.3, -0.25) is 9.89 Å². The van der Waals surface area contributed by atoms with Crippen molar-refractivity contribution < 1.29 is 4.79 Å². The number of piperidine rings is 1. The van der Waals surface area contributed by atoms with Crippen molar-refractivity contribution in [2.45, 2.75) is 32.7 Å². The summed E-state index contributed by atoms with van der Waals surface area (Å²) >= 11 is 0. The molecule has 1 aliphatic rings. The standard InChI is InChI=1S/C16H22N4O.ClH/c1-10-3-4-20(13(6-10)8-17)16(21)14-7-11(2)5-12-9-18-19-15(12)14;/h5,7,9-10,13H,3-4,6,8,17H2,1-2H3,(H,18,19);1H. The number of halogens is 1. The van der Waals surface area contributed by atoms with Gasteiger partial charge >= 0.3 is 0 Å². The molecule has 2 unspecified atom stereocenters. The first-order chi connectivity index (χ1) is 10.1. The van der Waals surface area contributed by atoms with Crippen molar-refractivity contribution in [2.75, 3.05) is 13.1 Å². The summed E-state index contributed by atoms with van der Waals surface area (Å²) in [5, 5.41) is 7.99. The number of aryl methyl sites for hydroxylation is 1. The van der Waals surface area contributed by atoms with Crippen LogP contribution in [0.25, 0.3) is 10.9 Å². The fourth-order valence-electron chi connectivity index (χ4n) is 3.27. The van der Waals surface area contributed by atoms with Crippen LogP contribution in [0.4, 0.5) is 0 Å². The van der Waals surface area contributed by atoms with Crippen molar-refractivity contribution in [2.24, 2.45) is 11.7 Å². The van der Waals surface area contributed by atoms with Crippen LogP contribution in [0.2, 0.25) is 0 Å². The van der Waals surface area contributed by atoms with Crippen molar-refractivity contribution in [3.8, 4) is 0 Å². The Kier molecular flexibility index (Phi) is 5.08. The number of carbonyl (C=O) groups is 1. The number of nitrogens with two attached hydrogens (primary N) is 1. The molecule has 1 amide bonds. The molecular weight excluding hydrogens is 300 g/mol. The lowest BCUT2D eigenvalue weighted by molar-refractivity contribution is 0.0575. The molecule has 1 aromatic carbocycles. The quantitative estimate of drug-likeness (QED) is 0.892.